The summed E-state index contributed by atoms with van der Waals surface area (Å²) in [6, 6.07) is 1.52. The van der Waals surface area contributed by atoms with E-state index in [2.05, 4.69) is 28.3 Å². The molecule has 2 heterocycles. The van der Waals surface area contributed by atoms with Crippen LogP contribution in [0.15, 0.2) is 29.2 Å². The van der Waals surface area contributed by atoms with Gasteiger partial charge in [-0.1, -0.05) is 12.2 Å². The minimum absolute atomic E-state index is 0.338. The van der Waals surface area contributed by atoms with Crippen LogP contribution < -0.4 is 11.4 Å². The van der Waals surface area contributed by atoms with Gasteiger partial charge in [-0.25, -0.2) is 9.78 Å². The lowest BCUT2D eigenvalue weighted by Crippen LogP contribution is -2.10. The second kappa shape index (κ2) is 8.80. The van der Waals surface area contributed by atoms with E-state index in [1.54, 1.807) is 0 Å². The van der Waals surface area contributed by atoms with Crippen molar-refractivity contribution in [3.8, 4) is 0 Å². The van der Waals surface area contributed by atoms with Gasteiger partial charge in [0.05, 0.1) is 0 Å². The van der Waals surface area contributed by atoms with E-state index in [9.17, 15) is 4.79 Å². The highest BCUT2D eigenvalue weighted by Crippen LogP contribution is 2.18. The van der Waals surface area contributed by atoms with Crippen LogP contribution in [0.5, 0.6) is 0 Å². The Morgan fingerprint density at radius 2 is 2.00 bits per heavy atom. The lowest BCUT2D eigenvalue weighted by molar-refractivity contribution is 0.763. The maximum atomic E-state index is 10.2. The van der Waals surface area contributed by atoms with Gasteiger partial charge in [0.1, 0.15) is 5.82 Å². The van der Waals surface area contributed by atoms with Gasteiger partial charge in [-0.2, -0.15) is 11.8 Å². The Hall–Kier alpha value is -1.23. The average molecular weight is 267 g/mol. The van der Waals surface area contributed by atoms with Gasteiger partial charge >= 0.3 is 5.69 Å². The number of aromatic amines is 1. The summed E-state index contributed by atoms with van der Waals surface area (Å²) < 4.78 is 0. The first kappa shape index (κ1) is 14.8. The van der Waals surface area contributed by atoms with Crippen molar-refractivity contribution >= 4 is 17.6 Å². The maximum Gasteiger partial charge on any atom is 0.346 e. The first-order valence-corrected chi connectivity index (χ1v) is 7.39. The number of aromatic nitrogens is 2. The predicted octanol–water partition coefficient (Wildman–Crippen LogP) is 2.59. The van der Waals surface area contributed by atoms with Crippen LogP contribution in [0.2, 0.25) is 0 Å². The number of nitrogens with two attached hydrogens (primary N) is 1. The number of allylic oxidation sites excluding steroid dienone is 1. The van der Waals surface area contributed by atoms with Gasteiger partial charge in [0.25, 0.3) is 0 Å². The molecule has 3 N–H and O–H groups in total. The van der Waals surface area contributed by atoms with Crippen LogP contribution in [0.4, 0.5) is 5.82 Å². The summed E-state index contributed by atoms with van der Waals surface area (Å²) in [4.78, 5) is 15.9. The highest BCUT2D eigenvalue weighted by Gasteiger charge is 1.99. The predicted molar refractivity (Wildman–Crippen MR) is 78.8 cm³/mol. The summed E-state index contributed by atoms with van der Waals surface area (Å²) in [5, 5.41) is 0. The smallest absolute Gasteiger partial charge is 0.346 e. The van der Waals surface area contributed by atoms with Crippen molar-refractivity contribution in [1.82, 2.24) is 9.97 Å². The number of rotatable bonds is 0. The number of hydrogen-bond acceptors (Lipinski definition) is 4. The molecule has 0 aromatic carbocycles. The van der Waals surface area contributed by atoms with Gasteiger partial charge in [-0.3, -0.25) is 4.98 Å². The molecule has 5 heteroatoms. The molecule has 0 radical (unpaired) electrons. The molecule has 18 heavy (non-hydrogen) atoms. The monoisotopic (exact) mass is 267 g/mol. The molecule has 1 aliphatic rings. The van der Waals surface area contributed by atoms with E-state index in [1.165, 1.54) is 61.4 Å². The van der Waals surface area contributed by atoms with Crippen LogP contribution in [0.3, 0.4) is 0 Å². The van der Waals surface area contributed by atoms with Crippen LogP contribution >= 0.6 is 11.8 Å². The molecule has 0 bridgehead atoms. The SMILES string of the molecule is C=C1CCCCSCCC1.Nc1ccnc(=O)[nH]1. The molecule has 2 rings (SSSR count). The molecule has 0 atom stereocenters. The molecule has 100 valence electrons. The summed E-state index contributed by atoms with van der Waals surface area (Å²) in [7, 11) is 0. The number of anilines is 1. The Balaban J connectivity index is 0.000000184. The van der Waals surface area contributed by atoms with E-state index in [0.29, 0.717) is 5.82 Å². The van der Waals surface area contributed by atoms with Gasteiger partial charge in [0, 0.05) is 6.20 Å². The van der Waals surface area contributed by atoms with Gasteiger partial charge in [-0.05, 0) is 49.7 Å². The lowest BCUT2D eigenvalue weighted by Gasteiger charge is -1.99. The number of nitrogens with one attached hydrogen (secondary N) is 1. The first-order valence-electron chi connectivity index (χ1n) is 6.23. The van der Waals surface area contributed by atoms with Gasteiger partial charge in [0.2, 0.25) is 0 Å². The average Bonchev–Trinajstić information content (AvgIpc) is 2.43. The topological polar surface area (TPSA) is 71.8 Å². The molecular formula is C13H21N3OS. The molecule has 0 amide bonds. The number of hydrogen-bond donors (Lipinski definition) is 2. The summed E-state index contributed by atoms with van der Waals surface area (Å²) in [5.41, 5.74) is 6.23. The molecular weight excluding hydrogens is 246 g/mol. The molecule has 1 fully saturated rings. The summed E-state index contributed by atoms with van der Waals surface area (Å²) >= 11 is 2.10. The Labute approximate surface area is 112 Å². The summed E-state index contributed by atoms with van der Waals surface area (Å²) in [5.74, 6) is 3.05. The van der Waals surface area contributed by atoms with Crippen molar-refractivity contribution in [3.63, 3.8) is 0 Å². The zero-order valence-electron chi connectivity index (χ0n) is 10.7. The van der Waals surface area contributed by atoms with Crippen molar-refractivity contribution in [2.24, 2.45) is 0 Å². The van der Waals surface area contributed by atoms with Crippen molar-refractivity contribution in [2.45, 2.75) is 32.1 Å². The van der Waals surface area contributed by atoms with Crippen LogP contribution in [-0.4, -0.2) is 21.5 Å². The molecule has 0 spiro atoms. The minimum atomic E-state index is -0.412. The van der Waals surface area contributed by atoms with Crippen LogP contribution in [0, 0.1) is 0 Å². The molecule has 1 aromatic rings. The van der Waals surface area contributed by atoms with E-state index in [4.69, 9.17) is 5.73 Å². The summed E-state index contributed by atoms with van der Waals surface area (Å²) in [6.45, 7) is 4.05. The van der Waals surface area contributed by atoms with Crippen LogP contribution in [0.1, 0.15) is 32.1 Å². The number of thioether (sulfide) groups is 1. The van der Waals surface area contributed by atoms with E-state index in [0.717, 1.165) is 0 Å². The number of H-pyrrole nitrogens is 1. The second-order valence-electron chi connectivity index (χ2n) is 4.25. The largest absolute Gasteiger partial charge is 0.385 e. The number of nitrogen functional groups attached to an aromatic ring is 1. The zero-order valence-corrected chi connectivity index (χ0v) is 11.5. The van der Waals surface area contributed by atoms with Gasteiger partial charge < -0.3 is 5.73 Å². The van der Waals surface area contributed by atoms with Gasteiger partial charge in [0.15, 0.2) is 0 Å². The third-order valence-corrected chi connectivity index (χ3v) is 3.74. The van der Waals surface area contributed by atoms with Crippen LogP contribution in [-0.2, 0) is 0 Å². The van der Waals surface area contributed by atoms with Crippen molar-refractivity contribution in [2.75, 3.05) is 17.2 Å². The van der Waals surface area contributed by atoms with E-state index < -0.39 is 5.69 Å². The highest BCUT2D eigenvalue weighted by atomic mass is 32.2. The van der Waals surface area contributed by atoms with Crippen molar-refractivity contribution in [1.29, 1.82) is 0 Å². The quantitative estimate of drug-likeness (QED) is 0.709. The third kappa shape index (κ3) is 7.17. The molecule has 4 nitrogen and oxygen atoms in total. The second-order valence-corrected chi connectivity index (χ2v) is 5.48. The number of nitrogens with zero attached hydrogens (tertiary/aromatic N) is 1. The Morgan fingerprint density at radius 3 is 2.67 bits per heavy atom. The fourth-order valence-electron chi connectivity index (χ4n) is 1.61. The Bertz CT molecular complexity index is 405. The standard InChI is InChI=1S/C9H16S.C4H5N3O/c1-9-5-2-3-7-10-8-4-6-9;5-3-1-2-6-4(8)7-3/h1-8H2;1-2H,(H3,5,6,7,8). The fourth-order valence-corrected chi connectivity index (χ4v) is 2.57. The van der Waals surface area contributed by atoms with Crippen LogP contribution in [0.25, 0.3) is 0 Å². The molecule has 1 aliphatic heterocycles. The fraction of sp³-hybridized carbons (Fsp3) is 0.538. The van der Waals surface area contributed by atoms with E-state index >= 15 is 0 Å². The van der Waals surface area contributed by atoms with Gasteiger partial charge in [-0.15, -0.1) is 0 Å². The van der Waals surface area contributed by atoms with Crippen molar-refractivity contribution < 1.29 is 0 Å². The highest BCUT2D eigenvalue weighted by molar-refractivity contribution is 7.99. The van der Waals surface area contributed by atoms with E-state index in [-0.39, 0.29) is 0 Å². The van der Waals surface area contributed by atoms with E-state index in [1.807, 2.05) is 0 Å². The summed E-state index contributed by atoms with van der Waals surface area (Å²) in [6.07, 6.45) is 8.01. The maximum absolute atomic E-state index is 10.2. The van der Waals surface area contributed by atoms with Crippen molar-refractivity contribution in [3.05, 3.63) is 34.9 Å². The Kier molecular flexibility index (Phi) is 7.25. The molecule has 0 aliphatic carbocycles. The molecule has 0 saturated carbocycles. The minimum Gasteiger partial charge on any atom is -0.385 e. The molecule has 1 saturated heterocycles. The Morgan fingerprint density at radius 1 is 1.28 bits per heavy atom. The zero-order chi connectivity index (χ0) is 13.2. The molecule has 1 aromatic heterocycles. The normalized spacial score (nSPS) is 16.8. The molecule has 0 unspecified atom stereocenters. The first-order chi connectivity index (χ1) is 8.68. The lowest BCUT2D eigenvalue weighted by atomic mass is 10.1. The third-order valence-electron chi connectivity index (χ3n) is 2.59.